The van der Waals surface area contributed by atoms with E-state index in [9.17, 15) is 22.8 Å². The van der Waals surface area contributed by atoms with E-state index in [1.54, 1.807) is 65.4 Å². The lowest BCUT2D eigenvalue weighted by molar-refractivity contribution is -0.172. The SMILES string of the molecule is Cc1ccc(C(=O)Nc2ccc(COC(=O)CC(F)(F)F)cc2)cc1C#Cc1cnc2cccnn12. The first-order valence-electron chi connectivity index (χ1n) is 10.7. The Morgan fingerprint density at radius 2 is 1.86 bits per heavy atom. The van der Waals surface area contributed by atoms with Gasteiger partial charge >= 0.3 is 12.1 Å². The highest BCUT2D eigenvalue weighted by Gasteiger charge is 2.32. The Labute approximate surface area is 203 Å². The van der Waals surface area contributed by atoms with Crippen molar-refractivity contribution in [3.8, 4) is 11.8 Å². The predicted octanol–water partition coefficient (Wildman–Crippen LogP) is 4.69. The van der Waals surface area contributed by atoms with Crippen LogP contribution in [0.3, 0.4) is 0 Å². The summed E-state index contributed by atoms with van der Waals surface area (Å²) in [4.78, 5) is 28.2. The average Bonchev–Trinajstić information content (AvgIpc) is 3.25. The number of carbonyl (C=O) groups is 2. The number of amides is 1. The Balaban J connectivity index is 1.41. The van der Waals surface area contributed by atoms with Gasteiger partial charge in [-0.15, -0.1) is 0 Å². The van der Waals surface area contributed by atoms with E-state index in [0.717, 1.165) is 5.56 Å². The molecule has 4 rings (SSSR count). The number of ether oxygens (including phenoxy) is 1. The Bertz CT molecular complexity index is 1480. The summed E-state index contributed by atoms with van der Waals surface area (Å²) in [5.74, 6) is 4.39. The zero-order valence-corrected chi connectivity index (χ0v) is 19.0. The molecule has 7 nitrogen and oxygen atoms in total. The number of nitrogens with zero attached hydrogens (tertiary/aromatic N) is 3. The Morgan fingerprint density at radius 3 is 2.61 bits per heavy atom. The Hall–Kier alpha value is -4.65. The number of anilines is 1. The smallest absolute Gasteiger partial charge is 0.399 e. The number of alkyl halides is 3. The first-order valence-corrected chi connectivity index (χ1v) is 10.7. The number of aryl methyl sites for hydroxylation is 1. The lowest BCUT2D eigenvalue weighted by Gasteiger charge is -2.09. The highest BCUT2D eigenvalue weighted by atomic mass is 19.4. The number of carbonyl (C=O) groups excluding carboxylic acids is 2. The van der Waals surface area contributed by atoms with Crippen molar-refractivity contribution in [2.75, 3.05) is 5.32 Å². The van der Waals surface area contributed by atoms with Gasteiger partial charge in [0.1, 0.15) is 18.7 Å². The van der Waals surface area contributed by atoms with Crippen molar-refractivity contribution in [3.63, 3.8) is 0 Å². The van der Waals surface area contributed by atoms with Gasteiger partial charge in [0, 0.05) is 23.0 Å². The van der Waals surface area contributed by atoms with E-state index < -0.39 is 18.6 Å². The minimum Gasteiger partial charge on any atom is -0.461 e. The number of aromatic nitrogens is 3. The molecule has 2 aromatic heterocycles. The number of fused-ring (bicyclic) bond motifs is 1. The predicted molar refractivity (Wildman–Crippen MR) is 125 cm³/mol. The molecule has 2 aromatic carbocycles. The minimum absolute atomic E-state index is 0.300. The van der Waals surface area contributed by atoms with E-state index in [1.165, 1.54) is 0 Å². The second-order valence-corrected chi connectivity index (χ2v) is 7.82. The van der Waals surface area contributed by atoms with Crippen LogP contribution in [0.15, 0.2) is 67.0 Å². The first kappa shape index (κ1) is 24.5. The molecule has 0 saturated carbocycles. The lowest BCUT2D eigenvalue weighted by atomic mass is 10.0. The highest BCUT2D eigenvalue weighted by Crippen LogP contribution is 2.20. The van der Waals surface area contributed by atoms with E-state index in [2.05, 4.69) is 32.0 Å². The maximum absolute atomic E-state index is 12.8. The summed E-state index contributed by atoms with van der Waals surface area (Å²) in [6.45, 7) is 1.59. The van der Waals surface area contributed by atoms with Gasteiger partial charge in [-0.1, -0.05) is 24.1 Å². The van der Waals surface area contributed by atoms with Crippen molar-refractivity contribution in [1.82, 2.24) is 14.6 Å². The van der Waals surface area contributed by atoms with Crippen molar-refractivity contribution in [1.29, 1.82) is 0 Å². The van der Waals surface area contributed by atoms with Gasteiger partial charge in [-0.25, -0.2) is 9.50 Å². The van der Waals surface area contributed by atoms with Gasteiger partial charge in [0.25, 0.3) is 5.91 Å². The average molecular weight is 492 g/mol. The van der Waals surface area contributed by atoms with Crippen LogP contribution in [0, 0.1) is 18.8 Å². The number of halogens is 3. The second kappa shape index (κ2) is 10.3. The molecule has 36 heavy (non-hydrogen) atoms. The summed E-state index contributed by atoms with van der Waals surface area (Å²) in [6, 6.07) is 15.0. The molecular weight excluding hydrogens is 473 g/mol. The van der Waals surface area contributed by atoms with Crippen LogP contribution >= 0.6 is 0 Å². The third-order valence-electron chi connectivity index (χ3n) is 5.06. The number of nitrogens with one attached hydrogen (secondary N) is 1. The molecule has 0 radical (unpaired) electrons. The molecule has 0 unspecified atom stereocenters. The van der Waals surface area contributed by atoms with Crippen LogP contribution in [-0.2, 0) is 16.1 Å². The normalized spacial score (nSPS) is 11.0. The number of imidazole rings is 1. The third kappa shape index (κ3) is 6.27. The lowest BCUT2D eigenvalue weighted by Crippen LogP contribution is -2.17. The van der Waals surface area contributed by atoms with Crippen molar-refractivity contribution < 1.29 is 27.5 Å². The molecule has 0 aliphatic rings. The fraction of sp³-hybridized carbons (Fsp3) is 0.154. The van der Waals surface area contributed by atoms with Crippen LogP contribution in [0.5, 0.6) is 0 Å². The second-order valence-electron chi connectivity index (χ2n) is 7.82. The summed E-state index contributed by atoms with van der Waals surface area (Å²) >= 11 is 0. The largest absolute Gasteiger partial charge is 0.461 e. The maximum Gasteiger partial charge on any atom is 0.399 e. The van der Waals surface area contributed by atoms with Crippen LogP contribution in [-0.4, -0.2) is 32.7 Å². The highest BCUT2D eigenvalue weighted by molar-refractivity contribution is 6.04. The zero-order valence-electron chi connectivity index (χ0n) is 19.0. The number of hydrogen-bond acceptors (Lipinski definition) is 5. The number of rotatable bonds is 5. The third-order valence-corrected chi connectivity index (χ3v) is 5.06. The molecule has 0 saturated heterocycles. The van der Waals surface area contributed by atoms with Crippen LogP contribution < -0.4 is 5.32 Å². The Morgan fingerprint density at radius 1 is 1.08 bits per heavy atom. The number of esters is 1. The fourth-order valence-electron chi connectivity index (χ4n) is 3.21. The van der Waals surface area contributed by atoms with Gasteiger partial charge in [0.2, 0.25) is 0 Å². The van der Waals surface area contributed by atoms with Crippen LogP contribution in [0.25, 0.3) is 5.65 Å². The molecule has 0 spiro atoms. The monoisotopic (exact) mass is 492 g/mol. The van der Waals surface area contributed by atoms with Crippen LogP contribution in [0.4, 0.5) is 18.9 Å². The quantitative estimate of drug-likeness (QED) is 0.323. The van der Waals surface area contributed by atoms with E-state index in [0.29, 0.717) is 33.7 Å². The maximum atomic E-state index is 12.8. The molecule has 4 aromatic rings. The van der Waals surface area contributed by atoms with Crippen molar-refractivity contribution >= 4 is 23.2 Å². The number of hydrogen-bond donors (Lipinski definition) is 1. The van der Waals surface area contributed by atoms with Crippen LogP contribution in [0.2, 0.25) is 0 Å². The molecule has 0 bridgehead atoms. The van der Waals surface area contributed by atoms with Gasteiger partial charge in [-0.05, 0) is 60.4 Å². The molecular formula is C26H19F3N4O3. The first-order chi connectivity index (χ1) is 17.2. The number of benzene rings is 2. The zero-order chi connectivity index (χ0) is 25.7. The van der Waals surface area contributed by atoms with Crippen molar-refractivity contribution in [2.45, 2.75) is 26.1 Å². The molecule has 0 atom stereocenters. The summed E-state index contributed by atoms with van der Waals surface area (Å²) in [5.41, 5.74) is 4.20. The summed E-state index contributed by atoms with van der Waals surface area (Å²) in [5, 5.41) is 6.98. The molecule has 182 valence electrons. The van der Waals surface area contributed by atoms with E-state index in [-0.39, 0.29) is 12.5 Å². The molecule has 0 aliphatic heterocycles. The standard InChI is InChI=1S/C26H19F3N4O3/c1-17-4-7-20(13-19(17)8-11-22-15-30-23-3-2-12-31-33(22)23)25(35)32-21-9-5-18(6-10-21)16-36-24(34)14-26(27,28)29/h2-7,9-10,12-13,15H,14,16H2,1H3,(H,32,35). The van der Waals surface area contributed by atoms with Gasteiger partial charge < -0.3 is 10.1 Å². The van der Waals surface area contributed by atoms with E-state index in [4.69, 9.17) is 0 Å². The molecule has 10 heteroatoms. The topological polar surface area (TPSA) is 85.6 Å². The van der Waals surface area contributed by atoms with E-state index in [1.807, 2.05) is 13.0 Å². The van der Waals surface area contributed by atoms with Crippen LogP contribution in [0.1, 0.15) is 39.2 Å². The molecule has 1 N–H and O–H groups in total. The van der Waals surface area contributed by atoms with Crippen molar-refractivity contribution in [2.24, 2.45) is 0 Å². The molecule has 0 fully saturated rings. The van der Waals surface area contributed by atoms with Gasteiger partial charge in [0.05, 0.1) is 6.20 Å². The fourth-order valence-corrected chi connectivity index (χ4v) is 3.21. The molecule has 1 amide bonds. The van der Waals surface area contributed by atoms with Gasteiger partial charge in [-0.2, -0.15) is 18.3 Å². The molecule has 0 aliphatic carbocycles. The Kier molecular flexibility index (Phi) is 7.01. The summed E-state index contributed by atoms with van der Waals surface area (Å²) in [6.07, 6.45) is -2.98. The van der Waals surface area contributed by atoms with Gasteiger partial charge in [-0.3, -0.25) is 9.59 Å². The summed E-state index contributed by atoms with van der Waals surface area (Å²) in [7, 11) is 0. The van der Waals surface area contributed by atoms with Gasteiger partial charge in [0.15, 0.2) is 5.65 Å². The molecule has 2 heterocycles. The van der Waals surface area contributed by atoms with Crippen molar-refractivity contribution in [3.05, 3.63) is 94.9 Å². The summed E-state index contributed by atoms with van der Waals surface area (Å²) < 4.78 is 42.9. The van der Waals surface area contributed by atoms with E-state index >= 15 is 0 Å². The minimum atomic E-state index is -4.61.